The molecule has 0 spiro atoms. The molecule has 14 heavy (non-hydrogen) atoms. The fourth-order valence-electron chi connectivity index (χ4n) is 0.886. The average Bonchev–Trinajstić information content (AvgIpc) is 2.66. The van der Waals surface area contributed by atoms with E-state index in [-0.39, 0.29) is 18.9 Å². The van der Waals surface area contributed by atoms with Crippen LogP contribution in [0.15, 0.2) is 16.5 Å². The Morgan fingerprint density at radius 2 is 2.29 bits per heavy atom. The van der Waals surface area contributed by atoms with Gasteiger partial charge >= 0.3 is 5.97 Å². The number of furan rings is 1. The van der Waals surface area contributed by atoms with E-state index in [1.165, 1.54) is 13.2 Å². The Morgan fingerprint density at radius 1 is 1.50 bits per heavy atom. The van der Waals surface area contributed by atoms with E-state index in [1.807, 2.05) is 0 Å². The number of methoxy groups -OCH3 is 1. The third kappa shape index (κ3) is 2.86. The number of hydrogen-bond donors (Lipinski definition) is 1. The average molecular weight is 199 g/mol. The molecule has 0 amide bonds. The zero-order valence-electron chi connectivity index (χ0n) is 7.99. The highest BCUT2D eigenvalue weighted by Crippen LogP contribution is 2.08. The molecule has 0 bridgehead atoms. The van der Waals surface area contributed by atoms with E-state index in [2.05, 4.69) is 0 Å². The molecule has 1 rings (SSSR count). The van der Waals surface area contributed by atoms with E-state index in [4.69, 9.17) is 19.6 Å². The van der Waals surface area contributed by atoms with Crippen LogP contribution in [-0.2, 0) is 16.0 Å². The predicted octanol–water partition coefficient (Wildman–Crippen LogP) is 0.542. The highest BCUT2D eigenvalue weighted by atomic mass is 16.6. The lowest BCUT2D eigenvalue weighted by atomic mass is 10.4. The number of carbonyl (C=O) groups is 1. The lowest BCUT2D eigenvalue weighted by Crippen LogP contribution is -2.09. The Balaban J connectivity index is 2.44. The highest BCUT2D eigenvalue weighted by molar-refractivity contribution is 5.86. The molecule has 0 aromatic carbocycles. The fraction of sp³-hybridized carbons (Fsp3) is 0.444. The molecule has 78 valence electrons. The zero-order valence-corrected chi connectivity index (χ0v) is 7.99. The van der Waals surface area contributed by atoms with Crippen LogP contribution >= 0.6 is 0 Å². The first-order chi connectivity index (χ1) is 6.77. The number of nitrogens with two attached hydrogens (primary N) is 1. The van der Waals surface area contributed by atoms with Crippen LogP contribution in [0.25, 0.3) is 0 Å². The number of hydrogen-bond acceptors (Lipinski definition) is 5. The third-order valence-electron chi connectivity index (χ3n) is 1.58. The summed E-state index contributed by atoms with van der Waals surface area (Å²) in [6, 6.07) is 3.18. The van der Waals surface area contributed by atoms with E-state index in [9.17, 15) is 4.79 Å². The summed E-state index contributed by atoms with van der Waals surface area (Å²) in [6.07, 6.45) is 0. The van der Waals surface area contributed by atoms with Gasteiger partial charge in [0.1, 0.15) is 12.4 Å². The SMILES string of the molecule is COCCOC(=O)c1ccc(CN)o1. The van der Waals surface area contributed by atoms with Gasteiger partial charge in [-0.05, 0) is 12.1 Å². The zero-order chi connectivity index (χ0) is 10.4. The summed E-state index contributed by atoms with van der Waals surface area (Å²) in [6.45, 7) is 0.857. The van der Waals surface area contributed by atoms with Crippen molar-refractivity contribution in [1.29, 1.82) is 0 Å². The molecular formula is C9H13NO4. The van der Waals surface area contributed by atoms with E-state index >= 15 is 0 Å². The molecule has 5 heteroatoms. The molecule has 1 heterocycles. The van der Waals surface area contributed by atoms with Gasteiger partial charge in [-0.3, -0.25) is 0 Å². The maximum absolute atomic E-state index is 11.2. The standard InChI is InChI=1S/C9H13NO4/c1-12-4-5-13-9(11)8-3-2-7(6-10)14-8/h2-3H,4-6,10H2,1H3. The number of rotatable bonds is 5. The second-order valence-electron chi connectivity index (χ2n) is 2.60. The minimum Gasteiger partial charge on any atom is -0.457 e. The number of carbonyl (C=O) groups excluding carboxylic acids is 1. The van der Waals surface area contributed by atoms with Gasteiger partial charge < -0.3 is 19.6 Å². The van der Waals surface area contributed by atoms with Crippen molar-refractivity contribution in [3.63, 3.8) is 0 Å². The molecule has 1 aromatic heterocycles. The first kappa shape index (κ1) is 10.7. The first-order valence-electron chi connectivity index (χ1n) is 4.22. The topological polar surface area (TPSA) is 74.7 Å². The molecular weight excluding hydrogens is 186 g/mol. The smallest absolute Gasteiger partial charge is 0.374 e. The Labute approximate surface area is 81.8 Å². The first-order valence-corrected chi connectivity index (χ1v) is 4.22. The summed E-state index contributed by atoms with van der Waals surface area (Å²) in [7, 11) is 1.53. The van der Waals surface area contributed by atoms with Crippen LogP contribution in [-0.4, -0.2) is 26.3 Å². The lowest BCUT2D eigenvalue weighted by Gasteiger charge is -2.00. The Morgan fingerprint density at radius 3 is 2.86 bits per heavy atom. The van der Waals surface area contributed by atoms with E-state index in [0.29, 0.717) is 12.4 Å². The van der Waals surface area contributed by atoms with Gasteiger partial charge in [0.05, 0.1) is 13.2 Å². The minimum atomic E-state index is -0.498. The van der Waals surface area contributed by atoms with Gasteiger partial charge in [-0.1, -0.05) is 0 Å². The van der Waals surface area contributed by atoms with E-state index in [1.54, 1.807) is 6.07 Å². The Kier molecular flexibility index (Phi) is 4.15. The van der Waals surface area contributed by atoms with Crippen molar-refractivity contribution in [1.82, 2.24) is 0 Å². The second kappa shape index (κ2) is 5.41. The summed E-state index contributed by atoms with van der Waals surface area (Å²) in [5, 5.41) is 0. The predicted molar refractivity (Wildman–Crippen MR) is 48.8 cm³/mol. The van der Waals surface area contributed by atoms with Crippen LogP contribution in [0.4, 0.5) is 0 Å². The highest BCUT2D eigenvalue weighted by Gasteiger charge is 2.11. The second-order valence-corrected chi connectivity index (χ2v) is 2.60. The van der Waals surface area contributed by atoms with Gasteiger partial charge in [-0.2, -0.15) is 0 Å². The largest absolute Gasteiger partial charge is 0.457 e. The molecule has 0 aliphatic carbocycles. The Bertz CT molecular complexity index is 295. The molecule has 0 aliphatic rings. The molecule has 0 atom stereocenters. The van der Waals surface area contributed by atoms with Gasteiger partial charge in [0.2, 0.25) is 5.76 Å². The van der Waals surface area contributed by atoms with Crippen LogP contribution in [0, 0.1) is 0 Å². The molecule has 0 radical (unpaired) electrons. The van der Waals surface area contributed by atoms with Crippen LogP contribution in [0.3, 0.4) is 0 Å². The van der Waals surface area contributed by atoms with Crippen LogP contribution in [0.2, 0.25) is 0 Å². The molecule has 2 N–H and O–H groups in total. The summed E-state index contributed by atoms with van der Waals surface area (Å²) >= 11 is 0. The van der Waals surface area contributed by atoms with Gasteiger partial charge in [-0.25, -0.2) is 4.79 Å². The normalized spacial score (nSPS) is 10.1. The molecule has 0 fully saturated rings. The van der Waals surface area contributed by atoms with Crippen molar-refractivity contribution in [2.75, 3.05) is 20.3 Å². The maximum atomic E-state index is 11.2. The molecule has 5 nitrogen and oxygen atoms in total. The quantitative estimate of drug-likeness (QED) is 0.553. The lowest BCUT2D eigenvalue weighted by molar-refractivity contribution is 0.0353. The number of esters is 1. The fourth-order valence-corrected chi connectivity index (χ4v) is 0.886. The summed E-state index contributed by atoms with van der Waals surface area (Å²) in [5.74, 6) is 0.229. The maximum Gasteiger partial charge on any atom is 0.374 e. The van der Waals surface area contributed by atoms with Crippen molar-refractivity contribution in [3.05, 3.63) is 23.7 Å². The summed E-state index contributed by atoms with van der Waals surface area (Å²) < 4.78 is 14.6. The monoisotopic (exact) mass is 199 g/mol. The number of ether oxygens (including phenoxy) is 2. The van der Waals surface area contributed by atoms with E-state index in [0.717, 1.165) is 0 Å². The molecule has 0 aliphatic heterocycles. The van der Waals surface area contributed by atoms with Gasteiger partial charge in [0, 0.05) is 7.11 Å². The van der Waals surface area contributed by atoms with Gasteiger partial charge in [0.25, 0.3) is 0 Å². The molecule has 1 aromatic rings. The van der Waals surface area contributed by atoms with Crippen LogP contribution < -0.4 is 5.73 Å². The molecule has 0 saturated carbocycles. The Hall–Kier alpha value is -1.33. The summed E-state index contributed by atoms with van der Waals surface area (Å²) in [4.78, 5) is 11.2. The van der Waals surface area contributed by atoms with Crippen molar-refractivity contribution in [2.45, 2.75) is 6.54 Å². The minimum absolute atomic E-state index is 0.168. The van der Waals surface area contributed by atoms with Crippen molar-refractivity contribution < 1.29 is 18.7 Å². The van der Waals surface area contributed by atoms with Gasteiger partial charge in [-0.15, -0.1) is 0 Å². The summed E-state index contributed by atoms with van der Waals surface area (Å²) in [5.41, 5.74) is 5.32. The van der Waals surface area contributed by atoms with Crippen molar-refractivity contribution >= 4 is 5.97 Å². The van der Waals surface area contributed by atoms with Crippen LogP contribution in [0.5, 0.6) is 0 Å². The third-order valence-corrected chi connectivity index (χ3v) is 1.58. The van der Waals surface area contributed by atoms with Gasteiger partial charge in [0.15, 0.2) is 0 Å². The van der Waals surface area contributed by atoms with E-state index < -0.39 is 5.97 Å². The molecule has 0 saturated heterocycles. The van der Waals surface area contributed by atoms with Crippen molar-refractivity contribution in [2.24, 2.45) is 5.73 Å². The molecule has 0 unspecified atom stereocenters. The van der Waals surface area contributed by atoms with Crippen LogP contribution in [0.1, 0.15) is 16.3 Å². The van der Waals surface area contributed by atoms with Crippen molar-refractivity contribution in [3.8, 4) is 0 Å².